The summed E-state index contributed by atoms with van der Waals surface area (Å²) in [5.41, 5.74) is -0.883. The molecule has 0 aliphatic heterocycles. The van der Waals surface area contributed by atoms with Crippen LogP contribution in [0.5, 0.6) is 0 Å². The van der Waals surface area contributed by atoms with E-state index in [4.69, 9.17) is 16.7 Å². The molecule has 0 unspecified atom stereocenters. The minimum Gasteiger partial charge on any atom is -0.478 e. The van der Waals surface area contributed by atoms with Gasteiger partial charge < -0.3 is 10.4 Å². The SMILES string of the molecule is O=C(O)c1ccc([N+](=O)[O-])c(Nc2c(F)cccc2Cl)c1. The van der Waals surface area contributed by atoms with Crippen molar-refractivity contribution >= 4 is 34.6 Å². The summed E-state index contributed by atoms with van der Waals surface area (Å²) in [6, 6.07) is 7.07. The van der Waals surface area contributed by atoms with E-state index in [1.54, 1.807) is 0 Å². The molecular formula is C13H8ClFN2O4. The molecule has 21 heavy (non-hydrogen) atoms. The van der Waals surface area contributed by atoms with Gasteiger partial charge in [0.1, 0.15) is 11.5 Å². The van der Waals surface area contributed by atoms with Crippen LogP contribution in [-0.2, 0) is 0 Å². The van der Waals surface area contributed by atoms with Crippen molar-refractivity contribution in [1.29, 1.82) is 0 Å². The molecule has 0 radical (unpaired) electrons. The standard InChI is InChI=1S/C13H8ClFN2O4/c14-8-2-1-3-9(15)12(8)16-10-6-7(13(18)19)4-5-11(10)17(20)21/h1-6,16H,(H,18,19). The van der Waals surface area contributed by atoms with E-state index in [0.717, 1.165) is 24.3 Å². The highest BCUT2D eigenvalue weighted by Gasteiger charge is 2.18. The van der Waals surface area contributed by atoms with Crippen LogP contribution in [0.2, 0.25) is 5.02 Å². The first-order chi connectivity index (χ1) is 9.90. The quantitative estimate of drug-likeness (QED) is 0.661. The number of rotatable bonds is 4. The Bertz CT molecular complexity index is 716. The van der Waals surface area contributed by atoms with Gasteiger partial charge in [0.05, 0.1) is 21.2 Å². The van der Waals surface area contributed by atoms with E-state index in [-0.39, 0.29) is 27.6 Å². The fourth-order valence-corrected chi connectivity index (χ4v) is 1.89. The van der Waals surface area contributed by atoms with Crippen LogP contribution in [0.3, 0.4) is 0 Å². The number of hydrogen-bond donors (Lipinski definition) is 2. The first kappa shape index (κ1) is 14.7. The van der Waals surface area contributed by atoms with E-state index in [1.807, 2.05) is 0 Å². The van der Waals surface area contributed by atoms with Crippen molar-refractivity contribution in [3.8, 4) is 0 Å². The Balaban J connectivity index is 2.53. The van der Waals surface area contributed by atoms with E-state index in [9.17, 15) is 19.3 Å². The van der Waals surface area contributed by atoms with Crippen molar-refractivity contribution in [2.24, 2.45) is 0 Å². The van der Waals surface area contributed by atoms with Crippen LogP contribution in [0.1, 0.15) is 10.4 Å². The van der Waals surface area contributed by atoms with Gasteiger partial charge in [0, 0.05) is 6.07 Å². The van der Waals surface area contributed by atoms with Crippen molar-refractivity contribution in [2.75, 3.05) is 5.32 Å². The largest absolute Gasteiger partial charge is 0.478 e. The molecule has 0 aliphatic rings. The number of nitrogens with one attached hydrogen (secondary N) is 1. The summed E-state index contributed by atoms with van der Waals surface area (Å²) in [5, 5.41) is 22.4. The van der Waals surface area contributed by atoms with Gasteiger partial charge in [-0.25, -0.2) is 9.18 Å². The maximum Gasteiger partial charge on any atom is 0.335 e. The second-order valence-corrected chi connectivity index (χ2v) is 4.42. The van der Waals surface area contributed by atoms with Crippen molar-refractivity contribution in [1.82, 2.24) is 0 Å². The third kappa shape index (κ3) is 3.09. The van der Waals surface area contributed by atoms with Gasteiger partial charge in [-0.1, -0.05) is 17.7 Å². The van der Waals surface area contributed by atoms with Crippen molar-refractivity contribution in [3.63, 3.8) is 0 Å². The monoisotopic (exact) mass is 310 g/mol. The van der Waals surface area contributed by atoms with Crippen LogP contribution in [0.25, 0.3) is 0 Å². The van der Waals surface area contributed by atoms with Crippen LogP contribution >= 0.6 is 11.6 Å². The van der Waals surface area contributed by atoms with Gasteiger partial charge in [-0.2, -0.15) is 0 Å². The van der Waals surface area contributed by atoms with Gasteiger partial charge >= 0.3 is 5.97 Å². The van der Waals surface area contributed by atoms with Gasteiger partial charge in [-0.15, -0.1) is 0 Å². The number of carbonyl (C=O) groups is 1. The average Bonchev–Trinajstić information content (AvgIpc) is 2.42. The minimum atomic E-state index is -1.26. The summed E-state index contributed by atoms with van der Waals surface area (Å²) in [6.45, 7) is 0. The summed E-state index contributed by atoms with van der Waals surface area (Å²) in [5.74, 6) is -1.97. The summed E-state index contributed by atoms with van der Waals surface area (Å²) in [7, 11) is 0. The lowest BCUT2D eigenvalue weighted by Crippen LogP contribution is -2.03. The maximum absolute atomic E-state index is 13.7. The average molecular weight is 311 g/mol. The van der Waals surface area contributed by atoms with E-state index in [1.165, 1.54) is 12.1 Å². The first-order valence-electron chi connectivity index (χ1n) is 5.63. The van der Waals surface area contributed by atoms with E-state index < -0.39 is 16.7 Å². The molecule has 6 nitrogen and oxygen atoms in total. The molecule has 0 saturated heterocycles. The Morgan fingerprint density at radius 1 is 1.33 bits per heavy atom. The number of hydrogen-bond acceptors (Lipinski definition) is 4. The number of halogens is 2. The van der Waals surface area contributed by atoms with Crippen molar-refractivity contribution < 1.29 is 19.2 Å². The van der Waals surface area contributed by atoms with Gasteiger partial charge in [0.2, 0.25) is 0 Å². The third-order valence-corrected chi connectivity index (χ3v) is 2.98. The summed E-state index contributed by atoms with van der Waals surface area (Å²) in [4.78, 5) is 21.2. The van der Waals surface area contributed by atoms with Crippen LogP contribution in [0.15, 0.2) is 36.4 Å². The molecule has 0 fully saturated rings. The Hall–Kier alpha value is -2.67. The number of aromatic carboxylic acids is 1. The maximum atomic E-state index is 13.7. The fraction of sp³-hybridized carbons (Fsp3) is 0. The van der Waals surface area contributed by atoms with Crippen LogP contribution < -0.4 is 5.32 Å². The number of benzene rings is 2. The van der Waals surface area contributed by atoms with Crippen molar-refractivity contribution in [2.45, 2.75) is 0 Å². The molecule has 0 spiro atoms. The topological polar surface area (TPSA) is 92.5 Å². The lowest BCUT2D eigenvalue weighted by molar-refractivity contribution is -0.383. The van der Waals surface area contributed by atoms with Crippen LogP contribution in [0, 0.1) is 15.9 Å². The molecule has 0 atom stereocenters. The smallest absolute Gasteiger partial charge is 0.335 e. The van der Waals surface area contributed by atoms with Gasteiger partial charge in [-0.05, 0) is 24.3 Å². The second-order valence-electron chi connectivity index (χ2n) is 4.02. The lowest BCUT2D eigenvalue weighted by atomic mass is 10.1. The highest BCUT2D eigenvalue weighted by molar-refractivity contribution is 6.33. The predicted octanol–water partition coefficient (Wildman–Crippen LogP) is 3.83. The van der Waals surface area contributed by atoms with Crippen LogP contribution in [0.4, 0.5) is 21.5 Å². The molecule has 0 amide bonds. The first-order valence-corrected chi connectivity index (χ1v) is 6.00. The molecule has 2 aromatic rings. The third-order valence-electron chi connectivity index (χ3n) is 2.66. The Morgan fingerprint density at radius 2 is 2.05 bits per heavy atom. The summed E-state index contributed by atoms with van der Waals surface area (Å²) >= 11 is 5.82. The molecular weight excluding hydrogens is 303 g/mol. The van der Waals surface area contributed by atoms with E-state index >= 15 is 0 Å². The second kappa shape index (κ2) is 5.76. The van der Waals surface area contributed by atoms with Gasteiger partial charge in [0.25, 0.3) is 5.69 Å². The Kier molecular flexibility index (Phi) is 4.04. The molecule has 2 aromatic carbocycles. The Labute approximate surface area is 122 Å². The van der Waals surface area contributed by atoms with Gasteiger partial charge in [-0.3, -0.25) is 10.1 Å². The predicted molar refractivity (Wildman–Crippen MR) is 74.7 cm³/mol. The highest BCUT2D eigenvalue weighted by Crippen LogP contribution is 2.33. The number of carboxylic acid groups (broad SMARTS) is 1. The summed E-state index contributed by atoms with van der Waals surface area (Å²) < 4.78 is 13.7. The molecule has 0 heterocycles. The normalized spacial score (nSPS) is 10.2. The molecule has 2 N–H and O–H groups in total. The van der Waals surface area contributed by atoms with Gasteiger partial charge in [0.15, 0.2) is 0 Å². The number of anilines is 2. The van der Waals surface area contributed by atoms with E-state index in [2.05, 4.69) is 5.32 Å². The Morgan fingerprint density at radius 3 is 2.62 bits per heavy atom. The van der Waals surface area contributed by atoms with Crippen LogP contribution in [-0.4, -0.2) is 16.0 Å². The zero-order valence-electron chi connectivity index (χ0n) is 10.3. The molecule has 0 bridgehead atoms. The number of nitro benzene ring substituents is 1. The molecule has 0 aromatic heterocycles. The molecule has 108 valence electrons. The van der Waals surface area contributed by atoms with Crippen molar-refractivity contribution in [3.05, 3.63) is 62.9 Å². The number of para-hydroxylation sites is 1. The number of nitrogens with zero attached hydrogens (tertiary/aromatic N) is 1. The molecule has 8 heteroatoms. The molecule has 0 aliphatic carbocycles. The fourth-order valence-electron chi connectivity index (χ4n) is 1.68. The summed E-state index contributed by atoms with van der Waals surface area (Å²) in [6.07, 6.45) is 0. The van der Waals surface area contributed by atoms with E-state index in [0.29, 0.717) is 0 Å². The zero-order valence-corrected chi connectivity index (χ0v) is 11.1. The molecule has 2 rings (SSSR count). The lowest BCUT2D eigenvalue weighted by Gasteiger charge is -2.10. The number of nitro groups is 1. The minimum absolute atomic E-state index is 0.0185. The highest BCUT2D eigenvalue weighted by atomic mass is 35.5. The molecule has 0 saturated carbocycles. The number of carboxylic acids is 1. The zero-order chi connectivity index (χ0) is 15.6.